The molecule has 0 radical (unpaired) electrons. The van der Waals surface area contributed by atoms with Crippen LogP contribution < -0.4 is 0 Å². The summed E-state index contributed by atoms with van der Waals surface area (Å²) in [5, 5.41) is 9.53. The van der Waals surface area contributed by atoms with Gasteiger partial charge in [0.1, 0.15) is 0 Å². The molecule has 0 heterocycles. The van der Waals surface area contributed by atoms with Gasteiger partial charge in [0, 0.05) is 5.88 Å². The number of ether oxygens (including phenoxy) is 1. The lowest BCUT2D eigenvalue weighted by molar-refractivity contribution is -0.145. The second kappa shape index (κ2) is 11.2. The van der Waals surface area contributed by atoms with Gasteiger partial charge in [0.2, 0.25) is 0 Å². The van der Waals surface area contributed by atoms with E-state index in [0.717, 1.165) is 38.0 Å². The third-order valence-electron chi connectivity index (χ3n) is 2.38. The van der Waals surface area contributed by atoms with Crippen LogP contribution in [-0.2, 0) is 9.53 Å². The Bertz CT molecular complexity index is 174. The van der Waals surface area contributed by atoms with E-state index in [0.29, 0.717) is 13.0 Å². The summed E-state index contributed by atoms with van der Waals surface area (Å²) in [5.41, 5.74) is 0. The number of alkyl halides is 1. The van der Waals surface area contributed by atoms with Crippen LogP contribution in [0.25, 0.3) is 0 Å². The van der Waals surface area contributed by atoms with Crippen molar-refractivity contribution in [1.29, 1.82) is 0 Å². The van der Waals surface area contributed by atoms with Gasteiger partial charge in [0.15, 0.2) is 0 Å². The number of esters is 1. The molecule has 1 unspecified atom stereocenters. The minimum atomic E-state index is -0.549. The van der Waals surface area contributed by atoms with E-state index in [4.69, 9.17) is 16.3 Å². The summed E-state index contributed by atoms with van der Waals surface area (Å²) >= 11 is 5.56. The van der Waals surface area contributed by atoms with Crippen LogP contribution in [0.15, 0.2) is 0 Å². The first kappa shape index (κ1) is 15.7. The standard InChI is InChI=1S/C12H23ClO3/c1-2-16-12(15)10-11(14)8-6-4-3-5-7-9-13/h11,14H,2-10H2,1H3. The zero-order chi connectivity index (χ0) is 12.2. The number of hydrogen-bond donors (Lipinski definition) is 1. The van der Waals surface area contributed by atoms with Crippen LogP contribution in [-0.4, -0.2) is 29.7 Å². The average Bonchev–Trinajstić information content (AvgIpc) is 2.23. The Labute approximate surface area is 103 Å². The summed E-state index contributed by atoms with van der Waals surface area (Å²) in [4.78, 5) is 11.0. The molecule has 0 saturated heterocycles. The highest BCUT2D eigenvalue weighted by Gasteiger charge is 2.10. The molecular formula is C12H23ClO3. The number of rotatable bonds is 10. The quantitative estimate of drug-likeness (QED) is 0.368. The summed E-state index contributed by atoms with van der Waals surface area (Å²) < 4.78 is 4.76. The van der Waals surface area contributed by atoms with Gasteiger partial charge in [-0.15, -0.1) is 11.6 Å². The molecule has 0 amide bonds. The Morgan fingerprint density at radius 2 is 1.88 bits per heavy atom. The molecule has 0 aliphatic carbocycles. The molecule has 4 heteroatoms. The molecule has 0 aliphatic rings. The van der Waals surface area contributed by atoms with Gasteiger partial charge in [-0.05, 0) is 19.8 Å². The van der Waals surface area contributed by atoms with Gasteiger partial charge in [0.25, 0.3) is 0 Å². The van der Waals surface area contributed by atoms with Gasteiger partial charge in [-0.2, -0.15) is 0 Å². The molecule has 0 fully saturated rings. The first-order chi connectivity index (χ1) is 7.70. The van der Waals surface area contributed by atoms with Crippen LogP contribution in [0, 0.1) is 0 Å². The molecule has 0 aromatic carbocycles. The topological polar surface area (TPSA) is 46.5 Å². The number of carbonyl (C=O) groups excluding carboxylic acids is 1. The van der Waals surface area contributed by atoms with Gasteiger partial charge in [-0.3, -0.25) is 4.79 Å². The summed E-state index contributed by atoms with van der Waals surface area (Å²) in [6, 6.07) is 0. The maximum atomic E-state index is 11.0. The van der Waals surface area contributed by atoms with Crippen molar-refractivity contribution in [1.82, 2.24) is 0 Å². The predicted molar refractivity (Wildman–Crippen MR) is 65.7 cm³/mol. The van der Waals surface area contributed by atoms with E-state index in [2.05, 4.69) is 0 Å². The van der Waals surface area contributed by atoms with Gasteiger partial charge >= 0.3 is 5.97 Å². The zero-order valence-corrected chi connectivity index (χ0v) is 10.8. The average molecular weight is 251 g/mol. The van der Waals surface area contributed by atoms with Crippen molar-refractivity contribution < 1.29 is 14.6 Å². The number of aliphatic hydroxyl groups excluding tert-OH is 1. The van der Waals surface area contributed by atoms with E-state index < -0.39 is 6.10 Å². The fourth-order valence-electron chi connectivity index (χ4n) is 1.52. The highest BCUT2D eigenvalue weighted by molar-refractivity contribution is 6.17. The Balaban J connectivity index is 3.29. The van der Waals surface area contributed by atoms with Crippen molar-refractivity contribution in [2.75, 3.05) is 12.5 Å². The molecule has 0 aromatic heterocycles. The highest BCUT2D eigenvalue weighted by atomic mass is 35.5. The van der Waals surface area contributed by atoms with Crippen molar-refractivity contribution in [3.63, 3.8) is 0 Å². The Kier molecular flexibility index (Phi) is 11.0. The number of carbonyl (C=O) groups is 1. The summed E-state index contributed by atoms with van der Waals surface area (Å²) in [6.45, 7) is 2.14. The fourth-order valence-corrected chi connectivity index (χ4v) is 1.71. The molecule has 0 aromatic rings. The molecule has 0 saturated carbocycles. The maximum absolute atomic E-state index is 11.0. The van der Waals surface area contributed by atoms with E-state index in [-0.39, 0.29) is 12.4 Å². The maximum Gasteiger partial charge on any atom is 0.308 e. The molecule has 0 aliphatic heterocycles. The molecule has 16 heavy (non-hydrogen) atoms. The van der Waals surface area contributed by atoms with Crippen molar-refractivity contribution in [2.24, 2.45) is 0 Å². The van der Waals surface area contributed by atoms with E-state index in [1.807, 2.05) is 0 Å². The molecular weight excluding hydrogens is 228 g/mol. The molecule has 0 rings (SSSR count). The van der Waals surface area contributed by atoms with Gasteiger partial charge in [0.05, 0.1) is 19.1 Å². The van der Waals surface area contributed by atoms with Gasteiger partial charge < -0.3 is 9.84 Å². The molecule has 0 bridgehead atoms. The van der Waals surface area contributed by atoms with Crippen LogP contribution in [0.4, 0.5) is 0 Å². The van der Waals surface area contributed by atoms with Crippen molar-refractivity contribution in [3.05, 3.63) is 0 Å². The third-order valence-corrected chi connectivity index (χ3v) is 2.65. The number of hydrogen-bond acceptors (Lipinski definition) is 3. The minimum Gasteiger partial charge on any atom is -0.466 e. The van der Waals surface area contributed by atoms with Gasteiger partial charge in [-0.1, -0.05) is 25.7 Å². The monoisotopic (exact) mass is 250 g/mol. The minimum absolute atomic E-state index is 0.121. The lowest BCUT2D eigenvalue weighted by Crippen LogP contribution is -2.15. The highest BCUT2D eigenvalue weighted by Crippen LogP contribution is 2.10. The molecule has 96 valence electrons. The third kappa shape index (κ3) is 10.2. The van der Waals surface area contributed by atoms with Crippen molar-refractivity contribution in [2.45, 2.75) is 58.0 Å². The van der Waals surface area contributed by atoms with Crippen LogP contribution >= 0.6 is 11.6 Å². The Hall–Kier alpha value is -0.280. The lowest BCUT2D eigenvalue weighted by Gasteiger charge is -2.09. The Morgan fingerprint density at radius 1 is 1.25 bits per heavy atom. The van der Waals surface area contributed by atoms with Crippen molar-refractivity contribution >= 4 is 17.6 Å². The molecule has 1 atom stereocenters. The summed E-state index contributed by atoms with van der Waals surface area (Å²) in [7, 11) is 0. The second-order valence-electron chi connectivity index (χ2n) is 3.91. The van der Waals surface area contributed by atoms with E-state index >= 15 is 0 Å². The first-order valence-corrected chi connectivity index (χ1v) is 6.63. The summed E-state index contributed by atoms with van der Waals surface area (Å²) in [6.07, 6.45) is 5.67. The van der Waals surface area contributed by atoms with Crippen LogP contribution in [0.2, 0.25) is 0 Å². The molecule has 0 spiro atoms. The number of aliphatic hydroxyl groups is 1. The van der Waals surface area contributed by atoms with Gasteiger partial charge in [-0.25, -0.2) is 0 Å². The van der Waals surface area contributed by atoms with Crippen molar-refractivity contribution in [3.8, 4) is 0 Å². The predicted octanol–water partition coefficient (Wildman–Crippen LogP) is 2.88. The van der Waals surface area contributed by atoms with Crippen LogP contribution in [0.3, 0.4) is 0 Å². The lowest BCUT2D eigenvalue weighted by atomic mass is 10.1. The number of unbranched alkanes of at least 4 members (excludes halogenated alkanes) is 4. The van der Waals surface area contributed by atoms with E-state index in [9.17, 15) is 9.90 Å². The zero-order valence-electron chi connectivity index (χ0n) is 10.1. The number of halogens is 1. The van der Waals surface area contributed by atoms with Crippen LogP contribution in [0.5, 0.6) is 0 Å². The van der Waals surface area contributed by atoms with Crippen LogP contribution in [0.1, 0.15) is 51.9 Å². The second-order valence-corrected chi connectivity index (χ2v) is 4.29. The largest absolute Gasteiger partial charge is 0.466 e. The van der Waals surface area contributed by atoms with E-state index in [1.165, 1.54) is 0 Å². The smallest absolute Gasteiger partial charge is 0.308 e. The van der Waals surface area contributed by atoms with E-state index in [1.54, 1.807) is 6.92 Å². The molecule has 3 nitrogen and oxygen atoms in total. The normalized spacial score (nSPS) is 12.4. The Morgan fingerprint density at radius 3 is 2.50 bits per heavy atom. The first-order valence-electron chi connectivity index (χ1n) is 6.10. The SMILES string of the molecule is CCOC(=O)CC(O)CCCCCCCCl. The molecule has 1 N–H and O–H groups in total. The fraction of sp³-hybridized carbons (Fsp3) is 0.917. The summed E-state index contributed by atoms with van der Waals surface area (Å²) in [5.74, 6) is 0.419.